The summed E-state index contributed by atoms with van der Waals surface area (Å²) in [5.41, 5.74) is 0. The first-order valence-corrected chi connectivity index (χ1v) is 10.0. The summed E-state index contributed by atoms with van der Waals surface area (Å²) < 4.78 is 18.2. The van der Waals surface area contributed by atoms with Crippen molar-refractivity contribution in [3.63, 3.8) is 0 Å². The van der Waals surface area contributed by atoms with Crippen LogP contribution in [0.5, 0.6) is 17.2 Å². The largest absolute Gasteiger partial charge is 0.492 e. The number of rotatable bonds is 12. The van der Waals surface area contributed by atoms with Crippen molar-refractivity contribution in [1.82, 2.24) is 0 Å². The van der Waals surface area contributed by atoms with Crippen LogP contribution in [0, 0.1) is 5.92 Å². The van der Waals surface area contributed by atoms with Crippen molar-refractivity contribution in [1.29, 1.82) is 0 Å². The maximum absolute atomic E-state index is 11.5. The number of hydrogen-bond donors (Lipinski definition) is 0. The van der Waals surface area contributed by atoms with Crippen LogP contribution in [0.15, 0.2) is 30.3 Å². The van der Waals surface area contributed by atoms with Crippen molar-refractivity contribution in [2.45, 2.75) is 53.4 Å². The molecular formula is C23H32O4. The van der Waals surface area contributed by atoms with Crippen molar-refractivity contribution in [2.24, 2.45) is 5.92 Å². The molecule has 0 aliphatic carbocycles. The van der Waals surface area contributed by atoms with Gasteiger partial charge in [0.2, 0.25) is 0 Å². The van der Waals surface area contributed by atoms with Gasteiger partial charge in [-0.15, -0.1) is 0 Å². The molecule has 1 atom stereocenters. The van der Waals surface area contributed by atoms with Gasteiger partial charge in [0.1, 0.15) is 11.5 Å². The first kappa shape index (κ1) is 21.1. The van der Waals surface area contributed by atoms with Gasteiger partial charge in [-0.05, 0) is 37.3 Å². The van der Waals surface area contributed by atoms with Gasteiger partial charge >= 0.3 is 0 Å². The van der Waals surface area contributed by atoms with Crippen LogP contribution in [-0.4, -0.2) is 25.6 Å². The molecule has 0 heterocycles. The Bertz CT molecular complexity index is 738. The number of ether oxygens (including phenoxy) is 3. The molecule has 0 bridgehead atoms. The zero-order chi connectivity index (χ0) is 19.6. The van der Waals surface area contributed by atoms with E-state index in [0.29, 0.717) is 19.8 Å². The first-order valence-electron chi connectivity index (χ1n) is 10.0. The van der Waals surface area contributed by atoms with Gasteiger partial charge in [0.05, 0.1) is 25.2 Å². The number of ketones is 1. The van der Waals surface area contributed by atoms with E-state index in [-0.39, 0.29) is 11.7 Å². The van der Waals surface area contributed by atoms with Gasteiger partial charge in [0.15, 0.2) is 11.5 Å². The minimum absolute atomic E-state index is 0.123. The van der Waals surface area contributed by atoms with Gasteiger partial charge in [0.25, 0.3) is 0 Å². The zero-order valence-electron chi connectivity index (χ0n) is 17.0. The van der Waals surface area contributed by atoms with Crippen molar-refractivity contribution in [3.8, 4) is 17.2 Å². The van der Waals surface area contributed by atoms with Gasteiger partial charge in [-0.3, -0.25) is 4.79 Å². The Morgan fingerprint density at radius 1 is 0.926 bits per heavy atom. The highest BCUT2D eigenvalue weighted by Gasteiger charge is 2.16. The van der Waals surface area contributed by atoms with Gasteiger partial charge in [-0.1, -0.05) is 51.8 Å². The molecule has 4 heteroatoms. The van der Waals surface area contributed by atoms with Crippen LogP contribution < -0.4 is 14.2 Å². The minimum atomic E-state index is -0.145. The van der Waals surface area contributed by atoms with Gasteiger partial charge in [-0.2, -0.15) is 0 Å². The van der Waals surface area contributed by atoms with Crippen LogP contribution in [0.4, 0.5) is 0 Å². The maximum Gasteiger partial charge on any atom is 0.172 e. The lowest BCUT2D eigenvalue weighted by Crippen LogP contribution is -2.16. The maximum atomic E-state index is 11.5. The minimum Gasteiger partial charge on any atom is -0.492 e. The van der Waals surface area contributed by atoms with E-state index in [1.807, 2.05) is 37.3 Å². The molecule has 2 aromatic rings. The molecule has 0 spiro atoms. The Labute approximate surface area is 162 Å². The molecule has 0 fully saturated rings. The van der Waals surface area contributed by atoms with Crippen molar-refractivity contribution >= 4 is 16.6 Å². The lowest BCUT2D eigenvalue weighted by molar-refractivity contribution is -0.121. The Balaban J connectivity index is 2.39. The molecule has 27 heavy (non-hydrogen) atoms. The van der Waals surface area contributed by atoms with E-state index in [9.17, 15) is 4.79 Å². The Morgan fingerprint density at radius 2 is 1.63 bits per heavy atom. The van der Waals surface area contributed by atoms with Crippen molar-refractivity contribution in [3.05, 3.63) is 30.3 Å². The highest BCUT2D eigenvalue weighted by Crippen LogP contribution is 2.41. The second kappa shape index (κ2) is 10.8. The Morgan fingerprint density at radius 3 is 2.30 bits per heavy atom. The lowest BCUT2D eigenvalue weighted by Gasteiger charge is -2.18. The van der Waals surface area contributed by atoms with E-state index in [1.54, 1.807) is 6.92 Å². The Hall–Kier alpha value is -2.23. The molecule has 0 radical (unpaired) electrons. The topological polar surface area (TPSA) is 44.8 Å². The van der Waals surface area contributed by atoms with E-state index < -0.39 is 0 Å². The van der Waals surface area contributed by atoms with E-state index in [1.165, 1.54) is 0 Å². The molecule has 0 aliphatic heterocycles. The summed E-state index contributed by atoms with van der Waals surface area (Å²) in [5, 5.41) is 1.95. The van der Waals surface area contributed by atoms with Gasteiger partial charge in [0, 0.05) is 5.92 Å². The summed E-state index contributed by atoms with van der Waals surface area (Å²) in [4.78, 5) is 11.5. The molecular weight excluding hydrogens is 340 g/mol. The number of fused-ring (bicyclic) bond motifs is 1. The molecule has 0 aromatic heterocycles. The number of hydrogen-bond acceptors (Lipinski definition) is 4. The fourth-order valence-corrected chi connectivity index (χ4v) is 2.65. The van der Waals surface area contributed by atoms with Crippen molar-refractivity contribution < 1.29 is 19.0 Å². The number of benzene rings is 2. The molecule has 0 N–H and O–H groups in total. The summed E-state index contributed by atoms with van der Waals surface area (Å²) in [5.74, 6) is 2.20. The molecule has 0 aliphatic rings. The normalized spacial score (nSPS) is 12.0. The monoisotopic (exact) mass is 372 g/mol. The number of Topliss-reactive ketones (excluding diaryl/α,β-unsaturated/α-hetero) is 1. The standard InChI is InChI=1S/C23H32O4/c1-5-7-14-25-21-13-12-19-10-9-11-20(27-16-17(3)18(4)24)22(19)23(21)26-15-8-6-2/h9-13,17H,5-8,14-16H2,1-4H3. The van der Waals surface area contributed by atoms with Crippen LogP contribution in [0.2, 0.25) is 0 Å². The highest BCUT2D eigenvalue weighted by atomic mass is 16.5. The third-order valence-electron chi connectivity index (χ3n) is 4.61. The summed E-state index contributed by atoms with van der Waals surface area (Å²) >= 11 is 0. The predicted octanol–water partition coefficient (Wildman–Crippen LogP) is 5.80. The first-order chi connectivity index (χ1) is 13.1. The summed E-state index contributed by atoms with van der Waals surface area (Å²) in [6.45, 7) is 9.41. The third kappa shape index (κ3) is 5.88. The van der Waals surface area contributed by atoms with E-state index >= 15 is 0 Å². The quantitative estimate of drug-likeness (QED) is 0.442. The molecule has 0 saturated heterocycles. The third-order valence-corrected chi connectivity index (χ3v) is 4.61. The number of carbonyl (C=O) groups excluding carboxylic acids is 1. The smallest absolute Gasteiger partial charge is 0.172 e. The van der Waals surface area contributed by atoms with Crippen LogP contribution in [0.25, 0.3) is 10.8 Å². The van der Waals surface area contributed by atoms with Crippen LogP contribution in [0.1, 0.15) is 53.4 Å². The molecule has 148 valence electrons. The molecule has 0 amide bonds. The number of unbranched alkanes of at least 4 members (excludes halogenated alkanes) is 2. The fraction of sp³-hybridized carbons (Fsp3) is 0.522. The second-order valence-electron chi connectivity index (χ2n) is 6.97. The average Bonchev–Trinajstić information content (AvgIpc) is 2.67. The van der Waals surface area contributed by atoms with E-state index in [4.69, 9.17) is 14.2 Å². The van der Waals surface area contributed by atoms with Gasteiger partial charge < -0.3 is 14.2 Å². The molecule has 1 unspecified atom stereocenters. The van der Waals surface area contributed by atoms with Crippen molar-refractivity contribution in [2.75, 3.05) is 19.8 Å². The Kier molecular flexibility index (Phi) is 8.43. The number of carbonyl (C=O) groups is 1. The molecule has 2 aromatic carbocycles. The molecule has 4 nitrogen and oxygen atoms in total. The van der Waals surface area contributed by atoms with Crippen LogP contribution in [-0.2, 0) is 4.79 Å². The second-order valence-corrected chi connectivity index (χ2v) is 6.97. The molecule has 2 rings (SSSR count). The zero-order valence-corrected chi connectivity index (χ0v) is 17.0. The highest BCUT2D eigenvalue weighted by molar-refractivity contribution is 5.96. The lowest BCUT2D eigenvalue weighted by atomic mass is 10.1. The van der Waals surface area contributed by atoms with Crippen LogP contribution in [0.3, 0.4) is 0 Å². The van der Waals surface area contributed by atoms with Gasteiger partial charge in [-0.25, -0.2) is 0 Å². The predicted molar refractivity (Wildman–Crippen MR) is 110 cm³/mol. The molecule has 0 saturated carbocycles. The summed E-state index contributed by atoms with van der Waals surface area (Å²) in [7, 11) is 0. The fourth-order valence-electron chi connectivity index (χ4n) is 2.65. The van der Waals surface area contributed by atoms with Crippen LogP contribution >= 0.6 is 0 Å². The van der Waals surface area contributed by atoms with E-state index in [2.05, 4.69) is 13.8 Å². The van der Waals surface area contributed by atoms with E-state index in [0.717, 1.165) is 53.7 Å². The SMILES string of the molecule is CCCCOc1ccc2cccc(OCC(C)C(C)=O)c2c1OCCCC. The average molecular weight is 373 g/mol. The summed E-state index contributed by atoms with van der Waals surface area (Å²) in [6.07, 6.45) is 4.13. The summed E-state index contributed by atoms with van der Waals surface area (Å²) in [6, 6.07) is 9.94.